The Hall–Kier alpha value is -0.120. The van der Waals surface area contributed by atoms with E-state index in [1.165, 1.54) is 25.7 Å². The van der Waals surface area contributed by atoms with Crippen molar-refractivity contribution in [3.63, 3.8) is 0 Å². The molecule has 0 saturated heterocycles. The second kappa shape index (κ2) is 16.5. The highest BCUT2D eigenvalue weighted by atomic mass is 16.3. The summed E-state index contributed by atoms with van der Waals surface area (Å²) >= 11 is 0. The van der Waals surface area contributed by atoms with Crippen molar-refractivity contribution >= 4 is 0 Å². The first-order valence-electron chi connectivity index (χ1n) is 4.34. The van der Waals surface area contributed by atoms with Gasteiger partial charge in [-0.05, 0) is 13.0 Å². The number of unbranched alkanes of at least 4 members (excludes halogenated alkanes) is 3. The molecular formula is C8H22N2O. The molecule has 0 aromatic rings. The summed E-state index contributed by atoms with van der Waals surface area (Å²) in [6.45, 7) is 3.54. The molecule has 0 aliphatic rings. The van der Waals surface area contributed by atoms with E-state index >= 15 is 0 Å². The minimum absolute atomic E-state index is 0.0972. The summed E-state index contributed by atoms with van der Waals surface area (Å²) in [5, 5.41) is 7.75. The first kappa shape index (κ1) is 13.5. The number of aliphatic hydroxyl groups is 1. The van der Waals surface area contributed by atoms with Crippen LogP contribution < -0.4 is 11.5 Å². The van der Waals surface area contributed by atoms with Gasteiger partial charge in [-0.3, -0.25) is 0 Å². The normalized spacial score (nSPS) is 8.73. The summed E-state index contributed by atoms with van der Waals surface area (Å²) in [6.07, 6.45) is 5.16. The van der Waals surface area contributed by atoms with Crippen molar-refractivity contribution in [1.29, 1.82) is 0 Å². The van der Waals surface area contributed by atoms with Crippen LogP contribution in [0.1, 0.15) is 32.6 Å². The zero-order valence-corrected chi connectivity index (χ0v) is 7.55. The highest BCUT2D eigenvalue weighted by molar-refractivity contribution is 4.38. The van der Waals surface area contributed by atoms with Crippen molar-refractivity contribution in [2.75, 3.05) is 19.7 Å². The zero-order chi connectivity index (χ0) is 8.95. The summed E-state index contributed by atoms with van der Waals surface area (Å²) in [4.78, 5) is 0. The summed E-state index contributed by atoms with van der Waals surface area (Å²) in [5.74, 6) is 0. The van der Waals surface area contributed by atoms with E-state index in [1.807, 2.05) is 0 Å². The molecule has 3 nitrogen and oxygen atoms in total. The lowest BCUT2D eigenvalue weighted by Crippen LogP contribution is -2.02. The van der Waals surface area contributed by atoms with E-state index in [0.717, 1.165) is 6.54 Å². The minimum atomic E-state index is 0.0972. The fraction of sp³-hybridized carbons (Fsp3) is 1.00. The third-order valence-corrected chi connectivity index (χ3v) is 1.19. The van der Waals surface area contributed by atoms with Gasteiger partial charge in [0.25, 0.3) is 0 Å². The van der Waals surface area contributed by atoms with E-state index in [2.05, 4.69) is 6.92 Å². The Balaban J connectivity index is 0. The number of nitrogens with two attached hydrogens (primary N) is 2. The van der Waals surface area contributed by atoms with E-state index in [9.17, 15) is 0 Å². The largest absolute Gasteiger partial charge is 0.395 e. The maximum atomic E-state index is 7.75. The zero-order valence-electron chi connectivity index (χ0n) is 7.55. The minimum Gasteiger partial charge on any atom is -0.395 e. The number of hydrogen-bond donors (Lipinski definition) is 3. The molecule has 0 heterocycles. The van der Waals surface area contributed by atoms with Crippen LogP contribution in [0.2, 0.25) is 0 Å². The lowest BCUT2D eigenvalue weighted by molar-refractivity contribution is 0.306. The maximum Gasteiger partial charge on any atom is 0.0553 e. The molecule has 0 atom stereocenters. The fourth-order valence-corrected chi connectivity index (χ4v) is 0.571. The maximum absolute atomic E-state index is 7.75. The molecule has 70 valence electrons. The van der Waals surface area contributed by atoms with Crippen molar-refractivity contribution in [1.82, 2.24) is 0 Å². The van der Waals surface area contributed by atoms with E-state index in [1.54, 1.807) is 0 Å². The van der Waals surface area contributed by atoms with Gasteiger partial charge in [0, 0.05) is 6.54 Å². The molecule has 0 rings (SSSR count). The average molecular weight is 162 g/mol. The van der Waals surface area contributed by atoms with Crippen LogP contribution in [0.3, 0.4) is 0 Å². The van der Waals surface area contributed by atoms with E-state index < -0.39 is 0 Å². The Morgan fingerprint density at radius 3 is 1.82 bits per heavy atom. The van der Waals surface area contributed by atoms with Crippen molar-refractivity contribution in [3.05, 3.63) is 0 Å². The van der Waals surface area contributed by atoms with Gasteiger partial charge in [-0.1, -0.05) is 26.2 Å². The van der Waals surface area contributed by atoms with Gasteiger partial charge in [0.1, 0.15) is 0 Å². The number of hydrogen-bond acceptors (Lipinski definition) is 3. The smallest absolute Gasteiger partial charge is 0.0553 e. The first-order valence-corrected chi connectivity index (χ1v) is 4.34. The van der Waals surface area contributed by atoms with Crippen molar-refractivity contribution in [2.24, 2.45) is 11.5 Å². The average Bonchev–Trinajstić information content (AvgIpc) is 2.06. The van der Waals surface area contributed by atoms with Gasteiger partial charge in [0.2, 0.25) is 0 Å². The van der Waals surface area contributed by atoms with Crippen LogP contribution in [-0.4, -0.2) is 24.8 Å². The summed E-state index contributed by atoms with van der Waals surface area (Å²) < 4.78 is 0. The SMILES string of the molecule is CCCCCCN.NCCO. The number of rotatable bonds is 5. The van der Waals surface area contributed by atoms with Gasteiger partial charge in [0.05, 0.1) is 6.61 Å². The van der Waals surface area contributed by atoms with Gasteiger partial charge in [-0.15, -0.1) is 0 Å². The molecule has 0 amide bonds. The molecule has 0 radical (unpaired) electrons. The third-order valence-electron chi connectivity index (χ3n) is 1.19. The Labute approximate surface area is 69.8 Å². The molecule has 0 spiro atoms. The molecule has 0 saturated carbocycles. The molecule has 0 aliphatic carbocycles. The highest BCUT2D eigenvalue weighted by Gasteiger charge is 1.80. The van der Waals surface area contributed by atoms with Gasteiger partial charge in [0.15, 0.2) is 0 Å². The van der Waals surface area contributed by atoms with Crippen LogP contribution >= 0.6 is 0 Å². The molecule has 0 bridgehead atoms. The molecule has 0 fully saturated rings. The highest BCUT2D eigenvalue weighted by Crippen LogP contribution is 1.95. The quantitative estimate of drug-likeness (QED) is 0.514. The van der Waals surface area contributed by atoms with Crippen molar-refractivity contribution < 1.29 is 5.11 Å². The van der Waals surface area contributed by atoms with E-state index in [0.29, 0.717) is 6.54 Å². The topological polar surface area (TPSA) is 72.3 Å². The second-order valence-corrected chi connectivity index (χ2v) is 2.36. The predicted octanol–water partition coefficient (Wildman–Crippen LogP) is 0.463. The predicted molar refractivity (Wildman–Crippen MR) is 49.3 cm³/mol. The lowest BCUT2D eigenvalue weighted by atomic mass is 10.2. The Kier molecular flexibility index (Phi) is 20.2. The molecular weight excluding hydrogens is 140 g/mol. The first-order chi connectivity index (χ1) is 5.33. The number of aliphatic hydroxyl groups excluding tert-OH is 1. The van der Waals surface area contributed by atoms with Crippen molar-refractivity contribution in [2.45, 2.75) is 32.6 Å². The molecule has 0 aliphatic heterocycles. The monoisotopic (exact) mass is 162 g/mol. The van der Waals surface area contributed by atoms with Crippen LogP contribution in [0.15, 0.2) is 0 Å². The van der Waals surface area contributed by atoms with Gasteiger partial charge >= 0.3 is 0 Å². The second-order valence-electron chi connectivity index (χ2n) is 2.36. The summed E-state index contributed by atoms with van der Waals surface area (Å²) in [7, 11) is 0. The van der Waals surface area contributed by atoms with Gasteiger partial charge < -0.3 is 16.6 Å². The lowest BCUT2D eigenvalue weighted by Gasteiger charge is -1.90. The molecule has 0 unspecified atom stereocenters. The van der Waals surface area contributed by atoms with Gasteiger partial charge in [-0.25, -0.2) is 0 Å². The van der Waals surface area contributed by atoms with Crippen molar-refractivity contribution in [3.8, 4) is 0 Å². The third kappa shape index (κ3) is 25.8. The molecule has 0 aromatic heterocycles. The van der Waals surface area contributed by atoms with Crippen LogP contribution in [0, 0.1) is 0 Å². The Morgan fingerprint density at radius 2 is 1.55 bits per heavy atom. The molecule has 3 heteroatoms. The fourth-order valence-electron chi connectivity index (χ4n) is 0.571. The van der Waals surface area contributed by atoms with E-state index in [-0.39, 0.29) is 6.61 Å². The standard InChI is InChI=1S/C6H15N.C2H7NO/c1-2-3-4-5-6-7;3-1-2-4/h2-7H2,1H3;4H,1-3H2. The molecule has 5 N–H and O–H groups in total. The van der Waals surface area contributed by atoms with E-state index in [4.69, 9.17) is 16.6 Å². The summed E-state index contributed by atoms with van der Waals surface area (Å²) in [5.41, 5.74) is 10.0. The van der Waals surface area contributed by atoms with Crippen LogP contribution in [0.5, 0.6) is 0 Å². The Morgan fingerprint density at radius 1 is 1.00 bits per heavy atom. The van der Waals surface area contributed by atoms with Gasteiger partial charge in [-0.2, -0.15) is 0 Å². The summed E-state index contributed by atoms with van der Waals surface area (Å²) in [6, 6.07) is 0. The van der Waals surface area contributed by atoms with Crippen LogP contribution in [-0.2, 0) is 0 Å². The van der Waals surface area contributed by atoms with Crippen LogP contribution in [0.25, 0.3) is 0 Å². The molecule has 11 heavy (non-hydrogen) atoms. The molecule has 0 aromatic carbocycles. The Bertz CT molecular complexity index is 45.4. The van der Waals surface area contributed by atoms with Crippen LogP contribution in [0.4, 0.5) is 0 Å².